The fourth-order valence-corrected chi connectivity index (χ4v) is 1.95. The number of aryl methyl sites for hydroxylation is 2. The van der Waals surface area contributed by atoms with Crippen molar-refractivity contribution in [2.45, 2.75) is 45.8 Å². The van der Waals surface area contributed by atoms with Crippen molar-refractivity contribution >= 4 is 12.4 Å². The monoisotopic (exact) mass is 285 g/mol. The average Bonchev–Trinajstić information content (AvgIpc) is 2.98. The van der Waals surface area contributed by atoms with Gasteiger partial charge >= 0.3 is 0 Å². The van der Waals surface area contributed by atoms with Gasteiger partial charge in [0.1, 0.15) is 18.7 Å². The number of nitrogens with zero attached hydrogens (tertiary/aromatic N) is 6. The van der Waals surface area contributed by atoms with E-state index >= 15 is 0 Å². The molecule has 0 atom stereocenters. The molecular formula is C11H20ClN7. The molecule has 2 aromatic heterocycles. The van der Waals surface area contributed by atoms with Crippen molar-refractivity contribution in [1.29, 1.82) is 0 Å². The van der Waals surface area contributed by atoms with Crippen LogP contribution in [0.5, 0.6) is 0 Å². The van der Waals surface area contributed by atoms with E-state index in [-0.39, 0.29) is 18.4 Å². The van der Waals surface area contributed by atoms with Gasteiger partial charge in [0.05, 0.1) is 0 Å². The minimum absolute atomic E-state index is 0. The Hall–Kier alpha value is -1.47. The van der Waals surface area contributed by atoms with Gasteiger partial charge in [-0.25, -0.2) is 0 Å². The van der Waals surface area contributed by atoms with Crippen LogP contribution >= 0.6 is 12.4 Å². The quantitative estimate of drug-likeness (QED) is 0.860. The van der Waals surface area contributed by atoms with Crippen LogP contribution in [0.3, 0.4) is 0 Å². The molecule has 0 aliphatic heterocycles. The van der Waals surface area contributed by atoms with Crippen LogP contribution in [0.2, 0.25) is 0 Å². The van der Waals surface area contributed by atoms with E-state index in [2.05, 4.69) is 34.2 Å². The Bertz CT molecular complexity index is 448. The van der Waals surface area contributed by atoms with E-state index in [1.807, 2.05) is 9.13 Å². The molecule has 0 amide bonds. The highest BCUT2D eigenvalue weighted by atomic mass is 35.5. The van der Waals surface area contributed by atoms with Gasteiger partial charge in [0.25, 0.3) is 0 Å². The first-order valence-electron chi connectivity index (χ1n) is 6.28. The summed E-state index contributed by atoms with van der Waals surface area (Å²) in [7, 11) is 0. The van der Waals surface area contributed by atoms with Gasteiger partial charge in [-0.05, 0) is 12.8 Å². The second kappa shape index (κ2) is 7.20. The zero-order chi connectivity index (χ0) is 13.0. The predicted octanol–water partition coefficient (Wildman–Crippen LogP) is 1.16. The van der Waals surface area contributed by atoms with Crippen molar-refractivity contribution in [2.24, 2.45) is 5.73 Å². The van der Waals surface area contributed by atoms with Crippen LogP contribution in [-0.4, -0.2) is 29.5 Å². The molecule has 0 aromatic carbocycles. The minimum Gasteiger partial charge on any atom is -0.316 e. The summed E-state index contributed by atoms with van der Waals surface area (Å²) in [5.74, 6) is 1.48. The molecule has 0 radical (unpaired) electrons. The molecular weight excluding hydrogens is 266 g/mol. The van der Waals surface area contributed by atoms with Gasteiger partial charge in [-0.3, -0.25) is 0 Å². The molecule has 2 rings (SSSR count). The SMILES string of the molecule is CCCn1cnnc1C(N)c1nncn1CCC.Cl. The van der Waals surface area contributed by atoms with E-state index in [4.69, 9.17) is 5.73 Å². The summed E-state index contributed by atoms with van der Waals surface area (Å²) in [5.41, 5.74) is 6.22. The third-order valence-corrected chi connectivity index (χ3v) is 2.78. The van der Waals surface area contributed by atoms with E-state index < -0.39 is 0 Å². The smallest absolute Gasteiger partial charge is 0.157 e. The zero-order valence-corrected chi connectivity index (χ0v) is 12.0. The summed E-state index contributed by atoms with van der Waals surface area (Å²) in [4.78, 5) is 0. The fraction of sp³-hybridized carbons (Fsp3) is 0.636. The van der Waals surface area contributed by atoms with Crippen LogP contribution in [0, 0.1) is 0 Å². The summed E-state index contributed by atoms with van der Waals surface area (Å²) in [6, 6.07) is -0.381. The number of hydrogen-bond acceptors (Lipinski definition) is 5. The molecule has 0 spiro atoms. The highest BCUT2D eigenvalue weighted by molar-refractivity contribution is 5.85. The van der Waals surface area contributed by atoms with Gasteiger partial charge < -0.3 is 14.9 Å². The first-order chi connectivity index (χ1) is 8.77. The number of nitrogens with two attached hydrogens (primary N) is 1. The number of aromatic nitrogens is 6. The standard InChI is InChI=1S/C11H19N7.ClH/c1-3-5-17-7-13-15-10(17)9(12)11-16-14-8-18(11)6-4-2;/h7-9H,3-6,12H2,1-2H3;1H. The number of halogens is 1. The Morgan fingerprint density at radius 1 is 1.00 bits per heavy atom. The second-order valence-corrected chi connectivity index (χ2v) is 4.24. The lowest BCUT2D eigenvalue weighted by Gasteiger charge is -2.13. The summed E-state index contributed by atoms with van der Waals surface area (Å²) in [6.07, 6.45) is 5.44. The first kappa shape index (κ1) is 15.6. The molecule has 7 nitrogen and oxygen atoms in total. The van der Waals surface area contributed by atoms with Crippen molar-refractivity contribution in [3.63, 3.8) is 0 Å². The van der Waals surface area contributed by atoms with Crippen LogP contribution in [0.25, 0.3) is 0 Å². The molecule has 2 heterocycles. The van der Waals surface area contributed by atoms with E-state index in [1.165, 1.54) is 0 Å². The molecule has 0 saturated carbocycles. The maximum Gasteiger partial charge on any atom is 0.157 e. The maximum absolute atomic E-state index is 6.22. The molecule has 2 N–H and O–H groups in total. The maximum atomic E-state index is 6.22. The van der Waals surface area contributed by atoms with Crippen molar-refractivity contribution in [3.8, 4) is 0 Å². The molecule has 8 heteroatoms. The Morgan fingerprint density at radius 3 is 1.79 bits per heavy atom. The molecule has 0 aliphatic rings. The Kier molecular flexibility index (Phi) is 5.91. The Morgan fingerprint density at radius 2 is 1.42 bits per heavy atom. The highest BCUT2D eigenvalue weighted by Crippen LogP contribution is 2.15. The van der Waals surface area contributed by atoms with Crippen molar-refractivity contribution in [1.82, 2.24) is 29.5 Å². The Labute approximate surface area is 118 Å². The predicted molar refractivity (Wildman–Crippen MR) is 73.9 cm³/mol. The van der Waals surface area contributed by atoms with Gasteiger partial charge in [0.15, 0.2) is 11.6 Å². The van der Waals surface area contributed by atoms with Crippen molar-refractivity contribution in [2.75, 3.05) is 0 Å². The van der Waals surface area contributed by atoms with Crippen LogP contribution in [0.4, 0.5) is 0 Å². The van der Waals surface area contributed by atoms with Gasteiger partial charge in [0.2, 0.25) is 0 Å². The summed E-state index contributed by atoms with van der Waals surface area (Å²) in [6.45, 7) is 5.93. The molecule has 2 aromatic rings. The number of rotatable bonds is 6. The molecule has 106 valence electrons. The largest absolute Gasteiger partial charge is 0.316 e. The summed E-state index contributed by atoms with van der Waals surface area (Å²) in [5, 5.41) is 16.0. The van der Waals surface area contributed by atoms with Crippen LogP contribution in [-0.2, 0) is 13.1 Å². The van der Waals surface area contributed by atoms with E-state index in [0.717, 1.165) is 37.6 Å². The van der Waals surface area contributed by atoms with Gasteiger partial charge in [-0.2, -0.15) is 0 Å². The second-order valence-electron chi connectivity index (χ2n) is 4.24. The molecule has 0 unspecified atom stereocenters. The minimum atomic E-state index is -0.381. The van der Waals surface area contributed by atoms with E-state index in [9.17, 15) is 0 Å². The van der Waals surface area contributed by atoms with Gasteiger partial charge in [-0.15, -0.1) is 32.8 Å². The Balaban J connectivity index is 0.00000180. The summed E-state index contributed by atoms with van der Waals surface area (Å²) >= 11 is 0. The van der Waals surface area contributed by atoms with E-state index in [0.29, 0.717) is 0 Å². The van der Waals surface area contributed by atoms with Crippen LogP contribution < -0.4 is 5.73 Å². The molecule has 0 aliphatic carbocycles. The fourth-order valence-electron chi connectivity index (χ4n) is 1.95. The normalized spacial score (nSPS) is 10.7. The molecule has 0 bridgehead atoms. The third kappa shape index (κ3) is 3.30. The van der Waals surface area contributed by atoms with Crippen LogP contribution in [0.1, 0.15) is 44.4 Å². The average molecular weight is 286 g/mol. The van der Waals surface area contributed by atoms with Crippen molar-refractivity contribution < 1.29 is 0 Å². The lowest BCUT2D eigenvalue weighted by Crippen LogP contribution is -2.22. The van der Waals surface area contributed by atoms with E-state index in [1.54, 1.807) is 12.7 Å². The van der Waals surface area contributed by atoms with Crippen LogP contribution in [0.15, 0.2) is 12.7 Å². The topological polar surface area (TPSA) is 87.4 Å². The zero-order valence-electron chi connectivity index (χ0n) is 11.2. The molecule has 0 fully saturated rings. The van der Waals surface area contributed by atoms with Gasteiger partial charge in [-0.1, -0.05) is 13.8 Å². The van der Waals surface area contributed by atoms with Gasteiger partial charge in [0, 0.05) is 13.1 Å². The molecule has 19 heavy (non-hydrogen) atoms. The summed E-state index contributed by atoms with van der Waals surface area (Å²) < 4.78 is 3.94. The highest BCUT2D eigenvalue weighted by Gasteiger charge is 2.20. The lowest BCUT2D eigenvalue weighted by molar-refractivity contribution is 0.563. The molecule has 0 saturated heterocycles. The van der Waals surface area contributed by atoms with Crippen molar-refractivity contribution in [3.05, 3.63) is 24.3 Å². The lowest BCUT2D eigenvalue weighted by atomic mass is 10.2. The first-order valence-corrected chi connectivity index (χ1v) is 6.28. The number of hydrogen-bond donors (Lipinski definition) is 1. The third-order valence-electron chi connectivity index (χ3n) is 2.78.